The van der Waals surface area contributed by atoms with Gasteiger partial charge in [-0.05, 0) is 56.4 Å². The average molecular weight is 419 g/mol. The van der Waals surface area contributed by atoms with Gasteiger partial charge in [0, 0.05) is 18.7 Å². The Morgan fingerprint density at radius 1 is 1.13 bits per heavy atom. The van der Waals surface area contributed by atoms with Gasteiger partial charge in [0.05, 0.1) is 26.2 Å². The molecule has 5 rings (SSSR count). The number of nitrogens with zero attached hydrogens (tertiary/aromatic N) is 6. The second-order valence-electron chi connectivity index (χ2n) is 7.98. The van der Waals surface area contributed by atoms with Gasteiger partial charge >= 0.3 is 0 Å². The van der Waals surface area contributed by atoms with Crippen LogP contribution in [0.4, 0.5) is 0 Å². The fourth-order valence-electron chi connectivity index (χ4n) is 4.42. The van der Waals surface area contributed by atoms with E-state index in [1.54, 1.807) is 20.5 Å². The maximum absolute atomic E-state index is 5.56. The van der Waals surface area contributed by atoms with Crippen LogP contribution in [0.2, 0.25) is 0 Å². The fraction of sp³-hybridized carbons (Fsp3) is 0.391. The van der Waals surface area contributed by atoms with Crippen LogP contribution in [0, 0.1) is 12.8 Å². The predicted molar refractivity (Wildman–Crippen MR) is 116 cm³/mol. The summed E-state index contributed by atoms with van der Waals surface area (Å²) in [5, 5.41) is 4.78. The monoisotopic (exact) mass is 418 g/mol. The molecular weight excluding hydrogens is 392 g/mol. The molecule has 8 heteroatoms. The molecule has 4 heterocycles. The van der Waals surface area contributed by atoms with Crippen LogP contribution >= 0.6 is 0 Å². The maximum Gasteiger partial charge on any atom is 0.238 e. The van der Waals surface area contributed by atoms with E-state index in [-0.39, 0.29) is 0 Å². The Kier molecular flexibility index (Phi) is 5.05. The Labute approximate surface area is 181 Å². The number of hydrogen-bond acceptors (Lipinski definition) is 6. The molecule has 160 valence electrons. The highest BCUT2D eigenvalue weighted by atomic mass is 16.5. The number of aryl methyl sites for hydroxylation is 2. The van der Waals surface area contributed by atoms with Crippen molar-refractivity contribution in [2.24, 2.45) is 5.92 Å². The summed E-state index contributed by atoms with van der Waals surface area (Å²) in [5.41, 5.74) is 2.48. The topological polar surface area (TPSA) is 79.9 Å². The number of imidazole rings is 1. The maximum atomic E-state index is 5.56. The van der Waals surface area contributed by atoms with Gasteiger partial charge in [-0.25, -0.2) is 19.6 Å². The molecule has 0 aromatic carbocycles. The number of hydrogen-bond donors (Lipinski definition) is 0. The van der Waals surface area contributed by atoms with Crippen LogP contribution in [0.3, 0.4) is 0 Å². The minimum absolute atomic E-state index is 0.344. The molecule has 0 saturated heterocycles. The van der Waals surface area contributed by atoms with Gasteiger partial charge in [0.1, 0.15) is 23.0 Å². The third-order valence-electron chi connectivity index (χ3n) is 6.02. The molecule has 1 aliphatic heterocycles. The molecule has 0 saturated carbocycles. The van der Waals surface area contributed by atoms with Crippen molar-refractivity contribution < 1.29 is 9.47 Å². The van der Waals surface area contributed by atoms with Crippen LogP contribution in [-0.4, -0.2) is 43.5 Å². The normalized spacial score (nSPS) is 20.3. The Morgan fingerprint density at radius 3 is 2.74 bits per heavy atom. The zero-order valence-electron chi connectivity index (χ0n) is 18.0. The minimum Gasteiger partial charge on any atom is -0.497 e. The van der Waals surface area contributed by atoms with E-state index in [4.69, 9.17) is 24.5 Å². The Hall–Kier alpha value is -3.42. The molecular formula is C23H26N6O2. The molecule has 1 aliphatic carbocycles. The van der Waals surface area contributed by atoms with Crippen molar-refractivity contribution in [1.82, 2.24) is 29.3 Å². The number of ether oxygens (including phenoxy) is 2. The van der Waals surface area contributed by atoms with Gasteiger partial charge in [-0.15, -0.1) is 5.10 Å². The molecule has 0 bridgehead atoms. The number of rotatable bonds is 5. The molecule has 8 nitrogen and oxygen atoms in total. The van der Waals surface area contributed by atoms with Crippen LogP contribution in [0.15, 0.2) is 48.6 Å². The van der Waals surface area contributed by atoms with Crippen molar-refractivity contribution in [2.75, 3.05) is 14.2 Å². The molecule has 2 unspecified atom stereocenters. The number of allylic oxidation sites excluding steroid dienone is 3. The van der Waals surface area contributed by atoms with E-state index in [9.17, 15) is 0 Å². The standard InChI is InChI=1S/C23H26N6O2/c1-15-13-28(14-24-15)20-11-10-19(25-23(20)31-3)21-26-22-18(5-4-12-29(22)27-21)16-6-8-17(30-2)9-7-16/h6,8-11,13-14,16,18H,4-5,7,12H2,1-3H3. The molecule has 2 aliphatic rings. The summed E-state index contributed by atoms with van der Waals surface area (Å²) >= 11 is 0. The smallest absolute Gasteiger partial charge is 0.238 e. The highest BCUT2D eigenvalue weighted by Crippen LogP contribution is 2.38. The van der Waals surface area contributed by atoms with Crippen molar-refractivity contribution in [1.29, 1.82) is 0 Å². The van der Waals surface area contributed by atoms with Crippen molar-refractivity contribution in [2.45, 2.75) is 38.6 Å². The van der Waals surface area contributed by atoms with Crippen LogP contribution in [0.25, 0.3) is 17.2 Å². The molecule has 31 heavy (non-hydrogen) atoms. The minimum atomic E-state index is 0.344. The van der Waals surface area contributed by atoms with Gasteiger partial charge in [0.15, 0.2) is 5.82 Å². The molecule has 3 aromatic rings. The summed E-state index contributed by atoms with van der Waals surface area (Å²) in [6, 6.07) is 3.92. The lowest BCUT2D eigenvalue weighted by molar-refractivity contribution is 0.295. The third kappa shape index (κ3) is 3.62. The third-order valence-corrected chi connectivity index (χ3v) is 6.02. The number of methoxy groups -OCH3 is 2. The first-order chi connectivity index (χ1) is 15.2. The van der Waals surface area contributed by atoms with Gasteiger partial charge in [-0.1, -0.05) is 6.08 Å². The molecule has 0 spiro atoms. The lowest BCUT2D eigenvalue weighted by Crippen LogP contribution is -2.23. The van der Waals surface area contributed by atoms with E-state index in [1.165, 1.54) is 0 Å². The Balaban J connectivity index is 1.46. The van der Waals surface area contributed by atoms with Crippen molar-refractivity contribution in [3.63, 3.8) is 0 Å². The second-order valence-corrected chi connectivity index (χ2v) is 7.98. The first-order valence-corrected chi connectivity index (χ1v) is 10.6. The summed E-state index contributed by atoms with van der Waals surface area (Å²) < 4.78 is 14.9. The van der Waals surface area contributed by atoms with E-state index in [2.05, 4.69) is 23.2 Å². The molecule has 0 radical (unpaired) electrons. The van der Waals surface area contributed by atoms with Gasteiger partial charge in [-0.2, -0.15) is 0 Å². The first-order valence-electron chi connectivity index (χ1n) is 10.6. The van der Waals surface area contributed by atoms with Crippen LogP contribution in [-0.2, 0) is 11.3 Å². The van der Waals surface area contributed by atoms with E-state index < -0.39 is 0 Å². The molecule has 0 N–H and O–H groups in total. The fourth-order valence-corrected chi connectivity index (χ4v) is 4.42. The summed E-state index contributed by atoms with van der Waals surface area (Å²) in [4.78, 5) is 13.9. The van der Waals surface area contributed by atoms with Gasteiger partial charge < -0.3 is 14.0 Å². The number of aromatic nitrogens is 6. The summed E-state index contributed by atoms with van der Waals surface area (Å²) in [5.74, 6) is 3.88. The SMILES string of the molecule is COC1=CCC(C2CCCn3nc(-c4ccc(-n5cnc(C)c5)c(OC)n4)nc32)C=C1. The summed E-state index contributed by atoms with van der Waals surface area (Å²) in [7, 11) is 3.33. The van der Waals surface area contributed by atoms with Crippen LogP contribution in [0.5, 0.6) is 5.88 Å². The molecule has 0 amide bonds. The van der Waals surface area contributed by atoms with Crippen LogP contribution < -0.4 is 4.74 Å². The zero-order valence-corrected chi connectivity index (χ0v) is 18.0. The molecule has 3 aromatic heterocycles. The van der Waals surface area contributed by atoms with Crippen molar-refractivity contribution >= 4 is 0 Å². The second kappa shape index (κ2) is 8.02. The number of fused-ring (bicyclic) bond motifs is 1. The number of pyridine rings is 1. The lowest BCUT2D eigenvalue weighted by Gasteiger charge is -2.28. The van der Waals surface area contributed by atoms with Gasteiger partial charge in [0.2, 0.25) is 5.88 Å². The van der Waals surface area contributed by atoms with Crippen molar-refractivity contribution in [3.05, 3.63) is 60.2 Å². The molecule has 2 atom stereocenters. The summed E-state index contributed by atoms with van der Waals surface area (Å²) in [6.45, 7) is 2.84. The highest BCUT2D eigenvalue weighted by molar-refractivity contribution is 5.55. The molecule has 0 fully saturated rings. The predicted octanol–water partition coefficient (Wildman–Crippen LogP) is 3.83. The quantitative estimate of drug-likeness (QED) is 0.627. The Bertz CT molecular complexity index is 1160. The zero-order chi connectivity index (χ0) is 21.4. The summed E-state index contributed by atoms with van der Waals surface area (Å²) in [6.07, 6.45) is 13.3. The van der Waals surface area contributed by atoms with Gasteiger partial charge in [0.25, 0.3) is 0 Å². The van der Waals surface area contributed by atoms with E-state index >= 15 is 0 Å². The highest BCUT2D eigenvalue weighted by Gasteiger charge is 2.31. The van der Waals surface area contributed by atoms with E-state index in [1.807, 2.05) is 34.5 Å². The van der Waals surface area contributed by atoms with E-state index in [0.717, 1.165) is 48.8 Å². The average Bonchev–Trinajstić information content (AvgIpc) is 3.45. The largest absolute Gasteiger partial charge is 0.497 e. The first kappa shape index (κ1) is 19.5. The Morgan fingerprint density at radius 2 is 2.03 bits per heavy atom. The van der Waals surface area contributed by atoms with E-state index in [0.29, 0.717) is 29.2 Å². The lowest BCUT2D eigenvalue weighted by atomic mass is 9.82. The van der Waals surface area contributed by atoms with Gasteiger partial charge in [-0.3, -0.25) is 0 Å². The van der Waals surface area contributed by atoms with Crippen molar-refractivity contribution in [3.8, 4) is 23.1 Å². The van der Waals surface area contributed by atoms with Crippen LogP contribution in [0.1, 0.15) is 36.7 Å².